The summed E-state index contributed by atoms with van der Waals surface area (Å²) in [5, 5.41) is 9.33. The molecule has 2 nitrogen and oxygen atoms in total. The van der Waals surface area contributed by atoms with Crippen LogP contribution in [0.25, 0.3) is 0 Å². The average molecular weight is 212 g/mol. The van der Waals surface area contributed by atoms with Crippen LogP contribution in [0.1, 0.15) is 10.4 Å². The molecule has 14 heavy (non-hydrogen) atoms. The summed E-state index contributed by atoms with van der Waals surface area (Å²) < 4.78 is 13.4. The molecule has 0 aliphatic rings. The Hall–Kier alpha value is -1.16. The topological polar surface area (TPSA) is 37.3 Å². The van der Waals surface area contributed by atoms with Crippen molar-refractivity contribution in [3.8, 4) is 0 Å². The van der Waals surface area contributed by atoms with Crippen molar-refractivity contribution in [2.75, 3.05) is 0 Å². The predicted molar refractivity (Wildman–Crippen MR) is 56.3 cm³/mol. The van der Waals surface area contributed by atoms with E-state index in [1.54, 1.807) is 0 Å². The fourth-order valence-electron chi connectivity index (χ4n) is 1.23. The molecule has 0 spiro atoms. The van der Waals surface area contributed by atoms with E-state index >= 15 is 0 Å². The van der Waals surface area contributed by atoms with E-state index in [-0.39, 0.29) is 11.4 Å². The van der Waals surface area contributed by atoms with Crippen molar-refractivity contribution < 1.29 is 14.3 Å². The number of hydrogen-bond donors (Lipinski definition) is 1. The zero-order chi connectivity index (χ0) is 10.9. The van der Waals surface area contributed by atoms with Gasteiger partial charge in [0.05, 0.1) is 13.6 Å². The second-order valence-electron chi connectivity index (χ2n) is 4.25. The largest absolute Gasteiger partial charge is 0.478 e. The van der Waals surface area contributed by atoms with Gasteiger partial charge in [-0.15, -0.1) is 0 Å². The number of benzene rings is 1. The lowest BCUT2D eigenvalue weighted by Crippen LogP contribution is -2.40. The van der Waals surface area contributed by atoms with Crippen molar-refractivity contribution >= 4 is 19.2 Å². The molecule has 1 aromatic carbocycles. The van der Waals surface area contributed by atoms with E-state index in [0.717, 1.165) is 0 Å². The van der Waals surface area contributed by atoms with Crippen LogP contribution in [0.5, 0.6) is 0 Å². The van der Waals surface area contributed by atoms with Gasteiger partial charge in [-0.1, -0.05) is 19.6 Å². The van der Waals surface area contributed by atoms with E-state index in [1.165, 1.54) is 18.2 Å². The van der Waals surface area contributed by atoms with Crippen LogP contribution >= 0.6 is 0 Å². The molecule has 0 fully saturated rings. The molecular formula is C10H13FO2Si. The lowest BCUT2D eigenvalue weighted by atomic mass is 10.2. The van der Waals surface area contributed by atoms with Crippen molar-refractivity contribution in [1.82, 2.24) is 0 Å². The van der Waals surface area contributed by atoms with Crippen LogP contribution in [-0.2, 0) is 0 Å². The van der Waals surface area contributed by atoms with E-state index in [2.05, 4.69) is 0 Å². The molecule has 0 aliphatic heterocycles. The lowest BCUT2D eigenvalue weighted by Gasteiger charge is -2.17. The predicted octanol–water partition coefficient (Wildman–Crippen LogP) is 2.07. The smallest absolute Gasteiger partial charge is 0.335 e. The van der Waals surface area contributed by atoms with E-state index in [4.69, 9.17) is 5.11 Å². The second kappa shape index (κ2) is 3.53. The number of hydrogen-bond acceptors (Lipinski definition) is 1. The minimum atomic E-state index is -1.79. The summed E-state index contributed by atoms with van der Waals surface area (Å²) in [4.78, 5) is 10.7. The first-order valence-electron chi connectivity index (χ1n) is 4.35. The molecule has 1 rings (SSSR count). The summed E-state index contributed by atoms with van der Waals surface area (Å²) in [6.07, 6.45) is 0. The van der Waals surface area contributed by atoms with Gasteiger partial charge in [0.15, 0.2) is 0 Å². The minimum Gasteiger partial charge on any atom is -0.478 e. The third kappa shape index (κ3) is 2.20. The van der Waals surface area contributed by atoms with Crippen molar-refractivity contribution in [1.29, 1.82) is 0 Å². The summed E-state index contributed by atoms with van der Waals surface area (Å²) in [5.41, 5.74) is 0.156. The maximum Gasteiger partial charge on any atom is 0.335 e. The van der Waals surface area contributed by atoms with Gasteiger partial charge in [-0.05, 0) is 23.4 Å². The van der Waals surface area contributed by atoms with Gasteiger partial charge >= 0.3 is 5.97 Å². The highest BCUT2D eigenvalue weighted by atomic mass is 28.3. The van der Waals surface area contributed by atoms with Gasteiger partial charge in [0.25, 0.3) is 0 Å². The molecule has 0 aromatic heterocycles. The van der Waals surface area contributed by atoms with Crippen LogP contribution in [0.3, 0.4) is 0 Å². The van der Waals surface area contributed by atoms with Crippen LogP contribution in [0.4, 0.5) is 4.39 Å². The van der Waals surface area contributed by atoms with E-state index in [1.807, 2.05) is 19.6 Å². The number of carboxylic acids is 1. The van der Waals surface area contributed by atoms with Crippen molar-refractivity contribution in [2.45, 2.75) is 19.6 Å². The molecule has 0 aliphatic carbocycles. The zero-order valence-corrected chi connectivity index (χ0v) is 9.47. The van der Waals surface area contributed by atoms with Gasteiger partial charge < -0.3 is 5.11 Å². The molecule has 4 heteroatoms. The molecule has 0 radical (unpaired) electrons. The molecule has 1 aromatic rings. The Balaban J connectivity index is 3.29. The Kier molecular flexibility index (Phi) is 2.75. The molecule has 0 saturated heterocycles. The summed E-state index contributed by atoms with van der Waals surface area (Å²) in [6.45, 7) is 5.95. The van der Waals surface area contributed by atoms with Crippen LogP contribution in [0.2, 0.25) is 19.6 Å². The third-order valence-electron chi connectivity index (χ3n) is 2.02. The van der Waals surface area contributed by atoms with E-state index in [9.17, 15) is 9.18 Å². The highest BCUT2D eigenvalue weighted by molar-refractivity contribution is 6.88. The van der Waals surface area contributed by atoms with Crippen LogP contribution < -0.4 is 5.19 Å². The minimum absolute atomic E-state index is 0.156. The van der Waals surface area contributed by atoms with Crippen LogP contribution in [0, 0.1) is 5.82 Å². The third-order valence-corrected chi connectivity index (χ3v) is 4.02. The average Bonchev–Trinajstić information content (AvgIpc) is 2.02. The monoisotopic (exact) mass is 212 g/mol. The first-order valence-corrected chi connectivity index (χ1v) is 7.85. The summed E-state index contributed by atoms with van der Waals surface area (Å²) >= 11 is 0. The summed E-state index contributed by atoms with van der Waals surface area (Å²) in [5.74, 6) is -1.31. The highest BCUT2D eigenvalue weighted by Gasteiger charge is 2.21. The Labute approximate surface area is 83.4 Å². The number of carbonyl (C=O) groups is 1. The maximum atomic E-state index is 13.4. The molecule has 0 saturated carbocycles. The summed E-state index contributed by atoms with van der Waals surface area (Å²) in [6, 6.07) is 3.97. The fraction of sp³-hybridized carbons (Fsp3) is 0.300. The molecular weight excluding hydrogens is 199 g/mol. The number of aromatic carboxylic acids is 1. The number of halogens is 1. The van der Waals surface area contributed by atoms with Gasteiger partial charge in [0.1, 0.15) is 5.82 Å². The van der Waals surface area contributed by atoms with Gasteiger partial charge in [-0.2, -0.15) is 0 Å². The Morgan fingerprint density at radius 1 is 1.36 bits per heavy atom. The fourth-order valence-corrected chi connectivity index (χ4v) is 2.62. The quantitative estimate of drug-likeness (QED) is 0.762. The lowest BCUT2D eigenvalue weighted by molar-refractivity contribution is 0.0697. The van der Waals surface area contributed by atoms with Gasteiger partial charge in [0.2, 0.25) is 0 Å². The van der Waals surface area contributed by atoms with Gasteiger partial charge in [0, 0.05) is 0 Å². The van der Waals surface area contributed by atoms with Gasteiger partial charge in [-0.25, -0.2) is 9.18 Å². The number of rotatable bonds is 2. The van der Waals surface area contributed by atoms with Crippen molar-refractivity contribution in [3.63, 3.8) is 0 Å². The molecule has 76 valence electrons. The molecule has 0 heterocycles. The van der Waals surface area contributed by atoms with Crippen molar-refractivity contribution in [2.24, 2.45) is 0 Å². The van der Waals surface area contributed by atoms with Crippen LogP contribution in [-0.4, -0.2) is 19.1 Å². The summed E-state index contributed by atoms with van der Waals surface area (Å²) in [7, 11) is -1.79. The highest BCUT2D eigenvalue weighted by Crippen LogP contribution is 2.08. The SMILES string of the molecule is C[Si](C)(C)c1cc(C(=O)O)ccc1F. The Morgan fingerprint density at radius 2 is 1.93 bits per heavy atom. The molecule has 0 atom stereocenters. The zero-order valence-electron chi connectivity index (χ0n) is 8.47. The van der Waals surface area contributed by atoms with Gasteiger partial charge in [-0.3, -0.25) is 0 Å². The molecule has 0 unspecified atom stereocenters. The first-order chi connectivity index (χ1) is 6.32. The first kappa shape index (κ1) is 10.9. The Morgan fingerprint density at radius 3 is 2.36 bits per heavy atom. The second-order valence-corrected chi connectivity index (χ2v) is 9.29. The van der Waals surface area contributed by atoms with E-state index < -0.39 is 14.0 Å². The molecule has 0 amide bonds. The Bertz CT molecular complexity index is 369. The number of carboxylic acid groups (broad SMARTS) is 1. The normalized spacial score (nSPS) is 11.4. The van der Waals surface area contributed by atoms with Crippen LogP contribution in [0.15, 0.2) is 18.2 Å². The van der Waals surface area contributed by atoms with Crippen molar-refractivity contribution in [3.05, 3.63) is 29.6 Å². The molecule has 0 bridgehead atoms. The standard InChI is InChI=1S/C10H13FO2Si/c1-14(2,3)9-6-7(10(12)13)4-5-8(9)11/h4-6H,1-3H3,(H,12,13). The van der Waals surface area contributed by atoms with E-state index in [0.29, 0.717) is 5.19 Å². The molecule has 1 N–H and O–H groups in total. The maximum absolute atomic E-state index is 13.4.